The molecule has 1 amide bonds. The fraction of sp³-hybridized carbons (Fsp3) is 0.357. The molecule has 1 aromatic heterocycles. The second kappa shape index (κ2) is 8.63. The number of ether oxygens (including phenoxy) is 1. The average molecular weight is 323 g/mol. The van der Waals surface area contributed by atoms with Gasteiger partial charge in [-0.3, -0.25) is 5.32 Å². The fourth-order valence-corrected chi connectivity index (χ4v) is 3.16. The number of amides is 1. The molecule has 0 saturated heterocycles. The summed E-state index contributed by atoms with van der Waals surface area (Å²) in [6, 6.07) is 10.1. The predicted octanol–water partition coefficient (Wildman–Crippen LogP) is 4.18. The van der Waals surface area contributed by atoms with Gasteiger partial charge in [-0.05, 0) is 12.0 Å². The highest BCUT2D eigenvalue weighted by Gasteiger charge is 2.09. The number of carbonyl (C=O) groups excluding carboxylic acids is 1. The molecular weight excluding hydrogens is 306 g/mol. The Hall–Kier alpha value is -1.60. The molecule has 0 aliphatic carbocycles. The van der Waals surface area contributed by atoms with Crippen molar-refractivity contribution < 1.29 is 9.53 Å². The Morgan fingerprint density at radius 2 is 2.14 bits per heavy atom. The lowest BCUT2D eigenvalue weighted by atomic mass is 10.2. The molecule has 1 aromatic carbocycles. The van der Waals surface area contributed by atoms with Crippen molar-refractivity contribution in [3.05, 3.63) is 35.9 Å². The van der Waals surface area contributed by atoms with Gasteiger partial charge in [0.25, 0.3) is 0 Å². The molecule has 0 aliphatic rings. The zero-order valence-electron chi connectivity index (χ0n) is 11.7. The number of anilines is 1. The molecule has 1 heterocycles. The maximum absolute atomic E-state index is 11.5. The second-order valence-electron chi connectivity index (χ2n) is 4.26. The van der Waals surface area contributed by atoms with E-state index >= 15 is 0 Å². The van der Waals surface area contributed by atoms with Crippen LogP contribution in [-0.4, -0.2) is 22.9 Å². The maximum Gasteiger partial charge on any atom is 0.413 e. The first kappa shape index (κ1) is 15.8. The molecule has 2 aromatic rings. The number of benzene rings is 1. The number of rotatable bonds is 7. The molecule has 0 unspecified atom stereocenters. The number of nitrogens with zero attached hydrogens (tertiary/aromatic N) is 2. The number of hydrogen-bond acceptors (Lipinski definition) is 6. The molecule has 21 heavy (non-hydrogen) atoms. The molecule has 0 spiro atoms. The van der Waals surface area contributed by atoms with E-state index in [9.17, 15) is 4.79 Å². The van der Waals surface area contributed by atoms with Gasteiger partial charge in [0.15, 0.2) is 4.34 Å². The van der Waals surface area contributed by atoms with Crippen LogP contribution in [0.1, 0.15) is 25.3 Å². The number of nitrogens with one attached hydrogen (secondary N) is 1. The standard InChI is InChI=1S/C14H17N3O2S2/c1-2-3-9-19-13(18)15-12-16-17-14(21-12)20-10-11-7-5-4-6-8-11/h4-8H,2-3,9-10H2,1H3,(H,15,16,18). The lowest BCUT2D eigenvalue weighted by Crippen LogP contribution is -2.14. The molecule has 0 radical (unpaired) electrons. The van der Waals surface area contributed by atoms with Gasteiger partial charge in [0.05, 0.1) is 6.61 Å². The maximum atomic E-state index is 11.5. The van der Waals surface area contributed by atoms with E-state index in [1.165, 1.54) is 16.9 Å². The Labute approximate surface area is 132 Å². The Bertz CT molecular complexity index is 560. The largest absolute Gasteiger partial charge is 0.449 e. The van der Waals surface area contributed by atoms with Gasteiger partial charge in [-0.2, -0.15) is 0 Å². The van der Waals surface area contributed by atoms with Crippen LogP contribution in [0.3, 0.4) is 0 Å². The topological polar surface area (TPSA) is 64.1 Å². The van der Waals surface area contributed by atoms with E-state index in [1.807, 2.05) is 25.1 Å². The minimum absolute atomic E-state index is 0.427. The van der Waals surface area contributed by atoms with Crippen molar-refractivity contribution in [3.63, 3.8) is 0 Å². The summed E-state index contributed by atoms with van der Waals surface area (Å²) in [4.78, 5) is 11.5. The highest BCUT2D eigenvalue weighted by Crippen LogP contribution is 2.28. The van der Waals surface area contributed by atoms with Crippen molar-refractivity contribution >= 4 is 34.3 Å². The number of thioether (sulfide) groups is 1. The zero-order valence-corrected chi connectivity index (χ0v) is 13.4. The number of aromatic nitrogens is 2. The van der Waals surface area contributed by atoms with E-state index in [0.717, 1.165) is 22.9 Å². The molecule has 1 N–H and O–H groups in total. The van der Waals surface area contributed by atoms with Gasteiger partial charge in [0, 0.05) is 5.75 Å². The summed E-state index contributed by atoms with van der Waals surface area (Å²) in [5.74, 6) is 0.830. The molecule has 2 rings (SSSR count). The monoisotopic (exact) mass is 323 g/mol. The van der Waals surface area contributed by atoms with Crippen LogP contribution < -0.4 is 5.32 Å². The van der Waals surface area contributed by atoms with Crippen molar-refractivity contribution in [2.75, 3.05) is 11.9 Å². The highest BCUT2D eigenvalue weighted by molar-refractivity contribution is 8.00. The zero-order chi connectivity index (χ0) is 14.9. The van der Waals surface area contributed by atoms with Crippen LogP contribution in [0.5, 0.6) is 0 Å². The van der Waals surface area contributed by atoms with Crippen LogP contribution in [-0.2, 0) is 10.5 Å². The van der Waals surface area contributed by atoms with E-state index in [-0.39, 0.29) is 0 Å². The summed E-state index contributed by atoms with van der Waals surface area (Å²) in [7, 11) is 0. The Morgan fingerprint density at radius 1 is 1.33 bits per heavy atom. The Morgan fingerprint density at radius 3 is 2.90 bits per heavy atom. The first-order valence-corrected chi connectivity index (χ1v) is 8.52. The average Bonchev–Trinajstić information content (AvgIpc) is 2.94. The SMILES string of the molecule is CCCCOC(=O)Nc1nnc(SCc2ccccc2)s1. The lowest BCUT2D eigenvalue weighted by Gasteiger charge is -2.02. The third-order valence-corrected chi connectivity index (χ3v) is 4.59. The van der Waals surface area contributed by atoms with Gasteiger partial charge < -0.3 is 4.74 Å². The summed E-state index contributed by atoms with van der Waals surface area (Å²) in [5.41, 5.74) is 1.23. The normalized spacial score (nSPS) is 10.3. The van der Waals surface area contributed by atoms with Crippen LogP contribution in [0.4, 0.5) is 9.93 Å². The molecular formula is C14H17N3O2S2. The van der Waals surface area contributed by atoms with Crippen molar-refractivity contribution in [3.8, 4) is 0 Å². The minimum atomic E-state index is -0.473. The first-order valence-electron chi connectivity index (χ1n) is 6.72. The van der Waals surface area contributed by atoms with E-state index in [2.05, 4.69) is 27.6 Å². The molecule has 0 bridgehead atoms. The van der Waals surface area contributed by atoms with Crippen LogP contribution in [0.2, 0.25) is 0 Å². The van der Waals surface area contributed by atoms with Gasteiger partial charge in [-0.25, -0.2) is 4.79 Å². The van der Waals surface area contributed by atoms with Crippen molar-refractivity contribution in [1.82, 2.24) is 10.2 Å². The predicted molar refractivity (Wildman–Crippen MR) is 85.8 cm³/mol. The van der Waals surface area contributed by atoms with Crippen LogP contribution in [0, 0.1) is 0 Å². The van der Waals surface area contributed by atoms with Gasteiger partial charge in [-0.15, -0.1) is 10.2 Å². The third-order valence-electron chi connectivity index (χ3n) is 2.55. The lowest BCUT2D eigenvalue weighted by molar-refractivity contribution is 0.160. The molecule has 112 valence electrons. The van der Waals surface area contributed by atoms with E-state index in [1.54, 1.807) is 11.8 Å². The summed E-state index contributed by atoms with van der Waals surface area (Å²) < 4.78 is 5.83. The van der Waals surface area contributed by atoms with Gasteiger partial charge in [-0.1, -0.05) is 66.8 Å². The van der Waals surface area contributed by atoms with E-state index in [0.29, 0.717) is 11.7 Å². The third kappa shape index (κ3) is 5.73. The van der Waals surface area contributed by atoms with Crippen molar-refractivity contribution in [1.29, 1.82) is 0 Å². The summed E-state index contributed by atoms with van der Waals surface area (Å²) in [6.07, 6.45) is 1.38. The molecule has 0 fully saturated rings. The van der Waals surface area contributed by atoms with Gasteiger partial charge in [0.1, 0.15) is 0 Å². The van der Waals surface area contributed by atoms with Crippen LogP contribution in [0.15, 0.2) is 34.7 Å². The van der Waals surface area contributed by atoms with Crippen molar-refractivity contribution in [2.24, 2.45) is 0 Å². The summed E-state index contributed by atoms with van der Waals surface area (Å²) >= 11 is 2.94. The Kier molecular flexibility index (Phi) is 6.49. The second-order valence-corrected chi connectivity index (χ2v) is 6.46. The highest BCUT2D eigenvalue weighted by atomic mass is 32.2. The minimum Gasteiger partial charge on any atom is -0.449 e. The van der Waals surface area contributed by atoms with Crippen molar-refractivity contribution in [2.45, 2.75) is 29.9 Å². The molecule has 0 atom stereocenters. The Balaban J connectivity index is 1.77. The van der Waals surface area contributed by atoms with Gasteiger partial charge >= 0.3 is 6.09 Å². The first-order chi connectivity index (χ1) is 10.3. The summed E-state index contributed by atoms with van der Waals surface area (Å²) in [5, 5.41) is 11.0. The fourth-order valence-electron chi connectivity index (χ4n) is 1.47. The molecule has 7 heteroatoms. The molecule has 5 nitrogen and oxygen atoms in total. The molecule has 0 saturated carbocycles. The van der Waals surface area contributed by atoms with E-state index in [4.69, 9.17) is 4.74 Å². The number of carbonyl (C=O) groups is 1. The van der Waals surface area contributed by atoms with Crippen LogP contribution in [0.25, 0.3) is 0 Å². The smallest absolute Gasteiger partial charge is 0.413 e. The molecule has 0 aliphatic heterocycles. The number of unbranched alkanes of at least 4 members (excludes halogenated alkanes) is 1. The van der Waals surface area contributed by atoms with Gasteiger partial charge in [0.2, 0.25) is 5.13 Å². The van der Waals surface area contributed by atoms with E-state index < -0.39 is 6.09 Å². The summed E-state index contributed by atoms with van der Waals surface area (Å²) in [6.45, 7) is 2.47. The quantitative estimate of drug-likeness (QED) is 0.470. The van der Waals surface area contributed by atoms with Crippen LogP contribution >= 0.6 is 23.1 Å². The number of hydrogen-bond donors (Lipinski definition) is 1.